The Morgan fingerprint density at radius 1 is 1.33 bits per heavy atom. The lowest BCUT2D eigenvalue weighted by Crippen LogP contribution is -1.99. The van der Waals surface area contributed by atoms with Gasteiger partial charge in [-0.05, 0) is 12.1 Å². The number of nitrogens with two attached hydrogens (primary N) is 1. The number of halogens is 1. The number of nitrogens with one attached hydrogen (secondary N) is 2. The minimum atomic E-state index is -0.241. The highest BCUT2D eigenvalue weighted by Gasteiger charge is 2.02. The fourth-order valence-electron chi connectivity index (χ4n) is 1.13. The maximum absolute atomic E-state index is 10.9. The summed E-state index contributed by atoms with van der Waals surface area (Å²) < 4.78 is 0.850. The van der Waals surface area contributed by atoms with E-state index in [9.17, 15) is 4.79 Å². The van der Waals surface area contributed by atoms with Crippen LogP contribution in [0.3, 0.4) is 0 Å². The van der Waals surface area contributed by atoms with Gasteiger partial charge in [0, 0.05) is 4.47 Å². The second-order valence-corrected chi connectivity index (χ2v) is 3.41. The number of aromatic nitrogens is 2. The fourth-order valence-corrected chi connectivity index (χ4v) is 1.61. The Balaban J connectivity index is 2.97. The van der Waals surface area contributed by atoms with Gasteiger partial charge in [0.05, 0.1) is 16.7 Å². The van der Waals surface area contributed by atoms with Crippen LogP contribution in [0.2, 0.25) is 0 Å². The second-order valence-electron chi connectivity index (χ2n) is 2.50. The van der Waals surface area contributed by atoms with E-state index in [0.717, 1.165) is 4.47 Å². The smallest absolute Gasteiger partial charge is 0.323 e. The molecule has 12 heavy (non-hydrogen) atoms. The first-order valence-corrected chi connectivity index (χ1v) is 4.13. The number of fused-ring (bicyclic) bond motifs is 1. The fraction of sp³-hybridized carbons (Fsp3) is 0. The Hall–Kier alpha value is -1.23. The van der Waals surface area contributed by atoms with Gasteiger partial charge in [-0.3, -0.25) is 0 Å². The van der Waals surface area contributed by atoms with E-state index in [1.165, 1.54) is 0 Å². The largest absolute Gasteiger partial charge is 0.397 e. The Labute approximate surface area is 75.9 Å². The van der Waals surface area contributed by atoms with Gasteiger partial charge in [-0.1, -0.05) is 15.9 Å². The molecule has 62 valence electrons. The highest BCUT2D eigenvalue weighted by Crippen LogP contribution is 2.21. The molecule has 2 aromatic rings. The van der Waals surface area contributed by atoms with Crippen LogP contribution in [0.15, 0.2) is 21.4 Å². The summed E-state index contributed by atoms with van der Waals surface area (Å²) in [5, 5.41) is 0. The monoisotopic (exact) mass is 227 g/mol. The Kier molecular flexibility index (Phi) is 1.47. The van der Waals surface area contributed by atoms with Crippen LogP contribution in [0.25, 0.3) is 11.0 Å². The predicted molar refractivity (Wildman–Crippen MR) is 51.0 cm³/mol. The van der Waals surface area contributed by atoms with Crippen LogP contribution in [0, 0.1) is 0 Å². The van der Waals surface area contributed by atoms with E-state index in [4.69, 9.17) is 5.73 Å². The zero-order valence-corrected chi connectivity index (χ0v) is 7.60. The van der Waals surface area contributed by atoms with E-state index in [0.29, 0.717) is 16.7 Å². The minimum absolute atomic E-state index is 0.241. The number of hydrogen-bond donors (Lipinski definition) is 3. The zero-order chi connectivity index (χ0) is 8.72. The standard InChI is InChI=1S/C7H6BrN3O/c8-3-1-4(9)6-5(2-3)10-7(12)11-6/h1-2H,9H2,(H2,10,11,12). The van der Waals surface area contributed by atoms with Crippen molar-refractivity contribution in [2.75, 3.05) is 5.73 Å². The van der Waals surface area contributed by atoms with Crippen molar-refractivity contribution in [2.24, 2.45) is 0 Å². The van der Waals surface area contributed by atoms with Crippen molar-refractivity contribution < 1.29 is 0 Å². The highest BCUT2D eigenvalue weighted by atomic mass is 79.9. The Morgan fingerprint density at radius 3 is 2.83 bits per heavy atom. The van der Waals surface area contributed by atoms with E-state index >= 15 is 0 Å². The summed E-state index contributed by atoms with van der Waals surface area (Å²) in [4.78, 5) is 16.1. The van der Waals surface area contributed by atoms with Crippen LogP contribution in [-0.4, -0.2) is 9.97 Å². The first-order valence-electron chi connectivity index (χ1n) is 3.34. The molecule has 0 unspecified atom stereocenters. The van der Waals surface area contributed by atoms with Crippen LogP contribution < -0.4 is 11.4 Å². The molecule has 1 aromatic heterocycles. The maximum Gasteiger partial charge on any atom is 0.323 e. The summed E-state index contributed by atoms with van der Waals surface area (Å²) in [5.74, 6) is 0. The van der Waals surface area contributed by atoms with Crippen LogP contribution >= 0.6 is 15.9 Å². The lowest BCUT2D eigenvalue weighted by Gasteiger charge is -1.95. The summed E-state index contributed by atoms with van der Waals surface area (Å²) in [6, 6.07) is 3.54. The third-order valence-corrected chi connectivity index (χ3v) is 2.08. The lowest BCUT2D eigenvalue weighted by atomic mass is 10.3. The molecular formula is C7H6BrN3O. The van der Waals surface area contributed by atoms with Crippen LogP contribution in [-0.2, 0) is 0 Å². The molecular weight excluding hydrogens is 222 g/mol. The molecule has 0 aliphatic rings. The molecule has 0 saturated carbocycles. The van der Waals surface area contributed by atoms with Gasteiger partial charge in [-0.2, -0.15) is 0 Å². The predicted octanol–water partition coefficient (Wildman–Crippen LogP) is 1.20. The molecule has 0 aliphatic carbocycles. The molecule has 0 amide bonds. The summed E-state index contributed by atoms with van der Waals surface area (Å²) in [6.07, 6.45) is 0. The van der Waals surface area contributed by atoms with Crippen molar-refractivity contribution in [1.82, 2.24) is 9.97 Å². The Bertz CT molecular complexity index is 485. The summed E-state index contributed by atoms with van der Waals surface area (Å²) in [5.41, 5.74) is 7.33. The van der Waals surface area contributed by atoms with Crippen molar-refractivity contribution in [2.45, 2.75) is 0 Å². The summed E-state index contributed by atoms with van der Waals surface area (Å²) in [6.45, 7) is 0. The number of anilines is 1. The molecule has 0 fully saturated rings. The second kappa shape index (κ2) is 2.38. The number of rotatable bonds is 0. The van der Waals surface area contributed by atoms with Gasteiger partial charge >= 0.3 is 5.69 Å². The van der Waals surface area contributed by atoms with E-state index in [2.05, 4.69) is 25.9 Å². The van der Waals surface area contributed by atoms with Crippen molar-refractivity contribution in [3.05, 3.63) is 27.1 Å². The molecule has 0 bridgehead atoms. The van der Waals surface area contributed by atoms with E-state index in [1.54, 1.807) is 12.1 Å². The van der Waals surface area contributed by atoms with E-state index < -0.39 is 0 Å². The normalized spacial score (nSPS) is 10.8. The molecule has 0 aliphatic heterocycles. The third kappa shape index (κ3) is 1.02. The molecule has 4 nitrogen and oxygen atoms in total. The van der Waals surface area contributed by atoms with Crippen molar-refractivity contribution in [3.63, 3.8) is 0 Å². The number of benzene rings is 1. The highest BCUT2D eigenvalue weighted by molar-refractivity contribution is 9.10. The van der Waals surface area contributed by atoms with Crippen LogP contribution in [0.4, 0.5) is 5.69 Å². The quantitative estimate of drug-likeness (QED) is 0.592. The summed E-state index contributed by atoms with van der Waals surface area (Å²) >= 11 is 3.28. The average Bonchev–Trinajstić information content (AvgIpc) is 2.29. The van der Waals surface area contributed by atoms with E-state index in [1.807, 2.05) is 0 Å². The average molecular weight is 228 g/mol. The van der Waals surface area contributed by atoms with Gasteiger partial charge in [0.15, 0.2) is 0 Å². The first-order chi connectivity index (χ1) is 5.66. The van der Waals surface area contributed by atoms with Gasteiger partial charge in [-0.25, -0.2) is 4.79 Å². The first kappa shape index (κ1) is 7.42. The topological polar surface area (TPSA) is 74.7 Å². The van der Waals surface area contributed by atoms with Gasteiger partial charge in [0.25, 0.3) is 0 Å². The number of hydrogen-bond acceptors (Lipinski definition) is 2. The number of imidazole rings is 1. The summed E-state index contributed by atoms with van der Waals surface area (Å²) in [7, 11) is 0. The molecule has 0 spiro atoms. The van der Waals surface area contributed by atoms with Crippen molar-refractivity contribution in [3.8, 4) is 0 Å². The van der Waals surface area contributed by atoms with Crippen molar-refractivity contribution in [1.29, 1.82) is 0 Å². The van der Waals surface area contributed by atoms with E-state index in [-0.39, 0.29) is 5.69 Å². The lowest BCUT2D eigenvalue weighted by molar-refractivity contribution is 1.22. The van der Waals surface area contributed by atoms with Crippen LogP contribution in [0.5, 0.6) is 0 Å². The molecule has 0 saturated heterocycles. The molecule has 0 atom stereocenters. The minimum Gasteiger partial charge on any atom is -0.397 e. The molecule has 4 N–H and O–H groups in total. The SMILES string of the molecule is Nc1cc(Br)cc2[nH]c(=O)[nH]c12. The van der Waals surface area contributed by atoms with Gasteiger partial charge in [0.2, 0.25) is 0 Å². The molecule has 1 aromatic carbocycles. The third-order valence-electron chi connectivity index (χ3n) is 1.62. The Morgan fingerprint density at radius 2 is 2.08 bits per heavy atom. The molecule has 5 heteroatoms. The zero-order valence-electron chi connectivity index (χ0n) is 6.02. The molecule has 2 rings (SSSR count). The number of nitrogen functional groups attached to an aromatic ring is 1. The molecule has 1 heterocycles. The van der Waals surface area contributed by atoms with Crippen molar-refractivity contribution >= 4 is 32.7 Å². The van der Waals surface area contributed by atoms with Gasteiger partial charge < -0.3 is 15.7 Å². The maximum atomic E-state index is 10.9. The molecule has 0 radical (unpaired) electrons. The number of H-pyrrole nitrogens is 2. The number of aromatic amines is 2. The van der Waals surface area contributed by atoms with Crippen LogP contribution in [0.1, 0.15) is 0 Å². The van der Waals surface area contributed by atoms with Gasteiger partial charge in [-0.15, -0.1) is 0 Å². The van der Waals surface area contributed by atoms with Gasteiger partial charge in [0.1, 0.15) is 0 Å².